The second-order valence-electron chi connectivity index (χ2n) is 4.76. The SMILES string of the molecule is CNC(C)(CN(C)CCc1ccccn1)C(N)=O. The topological polar surface area (TPSA) is 71.2 Å². The van der Waals surface area contributed by atoms with E-state index >= 15 is 0 Å². The van der Waals surface area contributed by atoms with Crippen molar-refractivity contribution in [1.82, 2.24) is 15.2 Å². The molecule has 1 amide bonds. The Morgan fingerprint density at radius 2 is 2.28 bits per heavy atom. The molecule has 1 aromatic rings. The highest BCUT2D eigenvalue weighted by Gasteiger charge is 2.30. The van der Waals surface area contributed by atoms with E-state index < -0.39 is 5.54 Å². The van der Waals surface area contributed by atoms with Gasteiger partial charge in [-0.1, -0.05) is 6.07 Å². The van der Waals surface area contributed by atoms with E-state index in [9.17, 15) is 4.79 Å². The third-order valence-electron chi connectivity index (χ3n) is 3.16. The summed E-state index contributed by atoms with van der Waals surface area (Å²) in [4.78, 5) is 17.7. The van der Waals surface area contributed by atoms with Gasteiger partial charge in [0.05, 0.1) is 0 Å². The number of carbonyl (C=O) groups excluding carboxylic acids is 1. The minimum absolute atomic E-state index is 0.338. The number of nitrogens with two attached hydrogens (primary N) is 1. The van der Waals surface area contributed by atoms with Gasteiger partial charge in [-0.15, -0.1) is 0 Å². The molecule has 0 radical (unpaired) electrons. The first kappa shape index (κ1) is 14.6. The van der Waals surface area contributed by atoms with Crippen molar-refractivity contribution in [2.75, 3.05) is 27.2 Å². The third kappa shape index (κ3) is 4.09. The number of likely N-dealkylation sites (N-methyl/N-ethyl adjacent to an activating group) is 2. The summed E-state index contributed by atoms with van der Waals surface area (Å²) in [6.07, 6.45) is 2.65. The van der Waals surface area contributed by atoms with Gasteiger partial charge in [-0.05, 0) is 33.2 Å². The first-order chi connectivity index (χ1) is 8.48. The van der Waals surface area contributed by atoms with Crippen molar-refractivity contribution in [3.05, 3.63) is 30.1 Å². The highest BCUT2D eigenvalue weighted by Crippen LogP contribution is 2.05. The molecule has 0 aromatic carbocycles. The molecule has 0 aliphatic rings. The number of hydrogen-bond acceptors (Lipinski definition) is 4. The highest BCUT2D eigenvalue weighted by molar-refractivity contribution is 5.84. The van der Waals surface area contributed by atoms with Crippen molar-refractivity contribution in [2.45, 2.75) is 18.9 Å². The summed E-state index contributed by atoms with van der Waals surface area (Å²) in [5, 5.41) is 2.98. The second kappa shape index (κ2) is 6.47. The van der Waals surface area contributed by atoms with Crippen molar-refractivity contribution < 1.29 is 4.79 Å². The smallest absolute Gasteiger partial charge is 0.238 e. The predicted molar refractivity (Wildman–Crippen MR) is 72.1 cm³/mol. The molecule has 1 unspecified atom stereocenters. The number of rotatable bonds is 7. The van der Waals surface area contributed by atoms with Gasteiger partial charge in [0.1, 0.15) is 5.54 Å². The lowest BCUT2D eigenvalue weighted by Crippen LogP contribution is -2.58. The number of pyridine rings is 1. The molecule has 3 N–H and O–H groups in total. The normalized spacial score (nSPS) is 14.4. The zero-order valence-corrected chi connectivity index (χ0v) is 11.3. The monoisotopic (exact) mass is 250 g/mol. The van der Waals surface area contributed by atoms with Crippen LogP contribution in [0.1, 0.15) is 12.6 Å². The van der Waals surface area contributed by atoms with E-state index in [1.807, 2.05) is 32.2 Å². The minimum Gasteiger partial charge on any atom is -0.368 e. The van der Waals surface area contributed by atoms with Crippen LogP contribution in [0.15, 0.2) is 24.4 Å². The van der Waals surface area contributed by atoms with Crippen LogP contribution in [-0.2, 0) is 11.2 Å². The Morgan fingerprint density at radius 3 is 2.78 bits per heavy atom. The quantitative estimate of drug-likeness (QED) is 0.715. The fraction of sp³-hybridized carbons (Fsp3) is 0.538. The number of aromatic nitrogens is 1. The van der Waals surface area contributed by atoms with E-state index in [1.165, 1.54) is 0 Å². The first-order valence-corrected chi connectivity index (χ1v) is 6.05. The molecule has 0 aliphatic carbocycles. The Bertz CT molecular complexity index is 382. The minimum atomic E-state index is -0.696. The molecule has 1 aromatic heterocycles. The highest BCUT2D eigenvalue weighted by atomic mass is 16.1. The van der Waals surface area contributed by atoms with E-state index in [2.05, 4.69) is 15.2 Å². The van der Waals surface area contributed by atoms with E-state index in [4.69, 9.17) is 5.73 Å². The van der Waals surface area contributed by atoms with Gasteiger partial charge >= 0.3 is 0 Å². The molecule has 0 fully saturated rings. The number of carbonyl (C=O) groups is 1. The van der Waals surface area contributed by atoms with Crippen molar-refractivity contribution in [2.24, 2.45) is 5.73 Å². The number of primary amides is 1. The van der Waals surface area contributed by atoms with Crippen molar-refractivity contribution >= 4 is 5.91 Å². The summed E-state index contributed by atoms with van der Waals surface area (Å²) in [5.41, 5.74) is 5.75. The number of nitrogens with zero attached hydrogens (tertiary/aromatic N) is 2. The maximum atomic E-state index is 11.4. The zero-order chi connectivity index (χ0) is 13.6. The molecule has 1 rings (SSSR count). The van der Waals surface area contributed by atoms with Gasteiger partial charge in [-0.3, -0.25) is 9.78 Å². The molecule has 18 heavy (non-hydrogen) atoms. The van der Waals surface area contributed by atoms with Gasteiger partial charge in [-0.25, -0.2) is 0 Å². The van der Waals surface area contributed by atoms with Gasteiger partial charge in [0.2, 0.25) is 5.91 Å². The zero-order valence-electron chi connectivity index (χ0n) is 11.3. The molecule has 100 valence electrons. The summed E-state index contributed by atoms with van der Waals surface area (Å²) < 4.78 is 0. The molecular formula is C13H22N4O. The standard InChI is InChI=1S/C13H22N4O/c1-13(15-2,12(14)18)10-17(3)9-7-11-6-4-5-8-16-11/h4-6,8,15H,7,9-10H2,1-3H3,(H2,14,18). The van der Waals surface area contributed by atoms with Gasteiger partial charge in [0, 0.05) is 31.4 Å². The Hall–Kier alpha value is -1.46. The van der Waals surface area contributed by atoms with Gasteiger partial charge in [0.25, 0.3) is 0 Å². The van der Waals surface area contributed by atoms with Gasteiger partial charge in [-0.2, -0.15) is 0 Å². The molecular weight excluding hydrogens is 228 g/mol. The van der Waals surface area contributed by atoms with Gasteiger partial charge < -0.3 is 16.0 Å². The lowest BCUT2D eigenvalue weighted by Gasteiger charge is -2.30. The molecule has 1 heterocycles. The van der Waals surface area contributed by atoms with Crippen LogP contribution in [-0.4, -0.2) is 48.5 Å². The Kier molecular flexibility index (Phi) is 5.25. The molecule has 1 atom stereocenters. The predicted octanol–water partition coefficient (Wildman–Crippen LogP) is 0.0193. The maximum Gasteiger partial charge on any atom is 0.238 e. The van der Waals surface area contributed by atoms with Crippen LogP contribution < -0.4 is 11.1 Å². The van der Waals surface area contributed by atoms with E-state index in [-0.39, 0.29) is 5.91 Å². The van der Waals surface area contributed by atoms with Crippen LogP contribution >= 0.6 is 0 Å². The number of nitrogens with one attached hydrogen (secondary N) is 1. The van der Waals surface area contributed by atoms with Crippen LogP contribution in [0.3, 0.4) is 0 Å². The summed E-state index contributed by atoms with van der Waals surface area (Å²) >= 11 is 0. The second-order valence-corrected chi connectivity index (χ2v) is 4.76. The third-order valence-corrected chi connectivity index (χ3v) is 3.16. The van der Waals surface area contributed by atoms with Crippen LogP contribution in [0, 0.1) is 0 Å². The Labute approximate surface area is 108 Å². The summed E-state index contributed by atoms with van der Waals surface area (Å²) in [7, 11) is 3.72. The molecule has 0 spiro atoms. The summed E-state index contributed by atoms with van der Waals surface area (Å²) in [6.45, 7) is 3.22. The average molecular weight is 250 g/mol. The lowest BCUT2D eigenvalue weighted by molar-refractivity contribution is -0.124. The summed E-state index contributed by atoms with van der Waals surface area (Å²) in [5.74, 6) is -0.338. The number of hydrogen-bond donors (Lipinski definition) is 2. The van der Waals surface area contributed by atoms with Crippen LogP contribution in [0.2, 0.25) is 0 Å². The summed E-state index contributed by atoms with van der Waals surface area (Å²) in [6, 6.07) is 5.88. The first-order valence-electron chi connectivity index (χ1n) is 6.05. The van der Waals surface area contributed by atoms with Crippen molar-refractivity contribution in [3.8, 4) is 0 Å². The largest absolute Gasteiger partial charge is 0.368 e. The fourth-order valence-electron chi connectivity index (χ4n) is 1.75. The Balaban J connectivity index is 2.47. The van der Waals surface area contributed by atoms with Crippen LogP contribution in [0.4, 0.5) is 0 Å². The Morgan fingerprint density at radius 1 is 1.56 bits per heavy atom. The molecule has 5 nitrogen and oxygen atoms in total. The van der Waals surface area contributed by atoms with Crippen molar-refractivity contribution in [3.63, 3.8) is 0 Å². The van der Waals surface area contributed by atoms with Gasteiger partial charge in [0.15, 0.2) is 0 Å². The van der Waals surface area contributed by atoms with E-state index in [0.717, 1.165) is 18.7 Å². The van der Waals surface area contributed by atoms with E-state index in [1.54, 1.807) is 13.2 Å². The van der Waals surface area contributed by atoms with Crippen LogP contribution in [0.5, 0.6) is 0 Å². The molecule has 0 bridgehead atoms. The average Bonchev–Trinajstić information content (AvgIpc) is 2.37. The van der Waals surface area contributed by atoms with Crippen LogP contribution in [0.25, 0.3) is 0 Å². The molecule has 0 saturated heterocycles. The fourth-order valence-corrected chi connectivity index (χ4v) is 1.75. The maximum absolute atomic E-state index is 11.4. The molecule has 5 heteroatoms. The van der Waals surface area contributed by atoms with E-state index in [0.29, 0.717) is 6.54 Å². The number of amides is 1. The lowest BCUT2D eigenvalue weighted by atomic mass is 10.0. The van der Waals surface area contributed by atoms with Crippen molar-refractivity contribution in [1.29, 1.82) is 0 Å². The molecule has 0 saturated carbocycles. The molecule has 0 aliphatic heterocycles.